The van der Waals surface area contributed by atoms with E-state index < -0.39 is 12.2 Å². The highest BCUT2D eigenvalue weighted by molar-refractivity contribution is 8.02. The van der Waals surface area contributed by atoms with Crippen LogP contribution >= 0.6 is 23.4 Å². The van der Waals surface area contributed by atoms with Crippen molar-refractivity contribution in [1.29, 1.82) is 0 Å². The molecule has 0 aliphatic heterocycles. The van der Waals surface area contributed by atoms with Crippen LogP contribution in [0.1, 0.15) is 0 Å². The number of aliphatic hydroxyl groups excluding tert-OH is 2. The lowest BCUT2D eigenvalue weighted by Crippen LogP contribution is -2.29. The average Bonchev–Trinajstić information content (AvgIpc) is 2.01. The summed E-state index contributed by atoms with van der Waals surface area (Å²) in [7, 11) is 0. The molecule has 62 valence electrons. The van der Waals surface area contributed by atoms with Gasteiger partial charge in [0.05, 0.1) is 0 Å². The molecule has 0 aromatic rings. The highest BCUT2D eigenvalue weighted by Crippen LogP contribution is 2.27. The molecule has 2 nitrogen and oxygen atoms in total. The molecule has 0 fully saturated rings. The second kappa shape index (κ2) is 3.63. The smallest absolute Gasteiger partial charge is 0.120 e. The molecule has 0 unspecified atom stereocenters. The Morgan fingerprint density at radius 3 is 2.55 bits per heavy atom. The van der Waals surface area contributed by atoms with Crippen molar-refractivity contribution in [2.24, 2.45) is 0 Å². The number of rotatable bonds is 1. The Morgan fingerprint density at radius 1 is 1.36 bits per heavy atom. The topological polar surface area (TPSA) is 40.5 Å². The third-order valence-electron chi connectivity index (χ3n) is 1.52. The Morgan fingerprint density at radius 2 is 2.00 bits per heavy atom. The van der Waals surface area contributed by atoms with Crippen LogP contribution in [0.2, 0.25) is 0 Å². The van der Waals surface area contributed by atoms with E-state index in [1.165, 1.54) is 11.8 Å². The van der Waals surface area contributed by atoms with Crippen molar-refractivity contribution in [3.8, 4) is 0 Å². The summed E-state index contributed by atoms with van der Waals surface area (Å²) in [5.74, 6) is 0. The summed E-state index contributed by atoms with van der Waals surface area (Å²) >= 11 is 6.99. The Labute approximate surface area is 74.6 Å². The van der Waals surface area contributed by atoms with Gasteiger partial charge in [-0.15, -0.1) is 11.8 Å². The fourth-order valence-electron chi connectivity index (χ4n) is 0.854. The Kier molecular flexibility index (Phi) is 3.01. The highest BCUT2D eigenvalue weighted by atomic mass is 35.5. The number of halogens is 1. The Hall–Kier alpha value is 0.0400. The van der Waals surface area contributed by atoms with Crippen LogP contribution in [0.5, 0.6) is 0 Å². The molecule has 0 saturated heterocycles. The maximum Gasteiger partial charge on any atom is 0.120 e. The molecule has 0 saturated carbocycles. The minimum Gasteiger partial charge on any atom is -0.385 e. The zero-order valence-electron chi connectivity index (χ0n) is 5.99. The third-order valence-corrected chi connectivity index (χ3v) is 2.71. The van der Waals surface area contributed by atoms with E-state index in [1.54, 1.807) is 12.2 Å². The van der Waals surface area contributed by atoms with E-state index in [4.69, 9.17) is 11.6 Å². The van der Waals surface area contributed by atoms with Gasteiger partial charge in [0.25, 0.3) is 0 Å². The highest BCUT2D eigenvalue weighted by Gasteiger charge is 2.25. The maximum atomic E-state index is 9.34. The summed E-state index contributed by atoms with van der Waals surface area (Å²) < 4.78 is 0. The summed E-state index contributed by atoms with van der Waals surface area (Å²) in [4.78, 5) is 0.738. The molecular weight excluding hydrogens is 184 g/mol. The van der Waals surface area contributed by atoms with Crippen LogP contribution in [-0.4, -0.2) is 28.7 Å². The van der Waals surface area contributed by atoms with Crippen LogP contribution in [-0.2, 0) is 0 Å². The predicted molar refractivity (Wildman–Crippen MR) is 47.5 cm³/mol. The standard InChI is InChI=1S/C7H9ClO2S/c1-11-5-3-2-4(8)6(9)7(5)10/h2-3,6-7,9-10H,1H3/t6-,7+/m0/s1. The molecule has 2 N–H and O–H groups in total. The lowest BCUT2D eigenvalue weighted by molar-refractivity contribution is 0.0740. The number of hydrogen-bond acceptors (Lipinski definition) is 3. The van der Waals surface area contributed by atoms with Crippen LogP contribution < -0.4 is 0 Å². The Balaban J connectivity index is 2.84. The van der Waals surface area contributed by atoms with Crippen molar-refractivity contribution < 1.29 is 10.2 Å². The van der Waals surface area contributed by atoms with Crippen LogP contribution in [0.15, 0.2) is 22.1 Å². The monoisotopic (exact) mass is 192 g/mol. The first-order valence-electron chi connectivity index (χ1n) is 3.14. The lowest BCUT2D eigenvalue weighted by atomic mass is 10.1. The van der Waals surface area contributed by atoms with Gasteiger partial charge in [-0.25, -0.2) is 0 Å². The first-order valence-corrected chi connectivity index (χ1v) is 4.74. The zero-order valence-corrected chi connectivity index (χ0v) is 7.56. The third kappa shape index (κ3) is 1.79. The summed E-state index contributed by atoms with van der Waals surface area (Å²) in [5, 5.41) is 18.9. The summed E-state index contributed by atoms with van der Waals surface area (Å²) in [6.45, 7) is 0. The van der Waals surface area contributed by atoms with Crippen molar-refractivity contribution in [1.82, 2.24) is 0 Å². The number of allylic oxidation sites excluding steroid dienone is 2. The number of hydrogen-bond donors (Lipinski definition) is 2. The SMILES string of the molecule is CSC1=CC=C(Cl)[C@H](O)[C@@H]1O. The largest absolute Gasteiger partial charge is 0.385 e. The summed E-state index contributed by atoms with van der Waals surface area (Å²) in [6.07, 6.45) is 3.34. The molecule has 4 heteroatoms. The van der Waals surface area contributed by atoms with Crippen LogP contribution in [0.25, 0.3) is 0 Å². The Bertz CT molecular complexity index is 212. The van der Waals surface area contributed by atoms with Crippen LogP contribution in [0, 0.1) is 0 Å². The molecular formula is C7H9ClO2S. The molecule has 11 heavy (non-hydrogen) atoms. The maximum absolute atomic E-state index is 9.34. The molecule has 1 aliphatic rings. The molecule has 1 aliphatic carbocycles. The first-order chi connectivity index (χ1) is 5.16. The normalized spacial score (nSPS) is 31.3. The van der Waals surface area contributed by atoms with Crippen LogP contribution in [0.4, 0.5) is 0 Å². The fourth-order valence-corrected chi connectivity index (χ4v) is 1.61. The van der Waals surface area contributed by atoms with E-state index in [0.29, 0.717) is 0 Å². The molecule has 0 radical (unpaired) electrons. The van der Waals surface area contributed by atoms with Crippen molar-refractivity contribution in [3.05, 3.63) is 22.1 Å². The van der Waals surface area contributed by atoms with Gasteiger partial charge in [0.1, 0.15) is 12.2 Å². The minimum absolute atomic E-state index is 0.287. The number of thioether (sulfide) groups is 1. The molecule has 2 atom stereocenters. The molecule has 0 heterocycles. The summed E-state index contributed by atoms with van der Waals surface area (Å²) in [5.41, 5.74) is 0. The van der Waals surface area contributed by atoms with Gasteiger partial charge < -0.3 is 10.2 Å². The van der Waals surface area contributed by atoms with E-state index in [-0.39, 0.29) is 5.03 Å². The van der Waals surface area contributed by atoms with Gasteiger partial charge in [0.15, 0.2) is 0 Å². The molecule has 0 aromatic carbocycles. The van der Waals surface area contributed by atoms with E-state index in [9.17, 15) is 10.2 Å². The van der Waals surface area contributed by atoms with Gasteiger partial charge in [-0.3, -0.25) is 0 Å². The van der Waals surface area contributed by atoms with Crippen molar-refractivity contribution >= 4 is 23.4 Å². The minimum atomic E-state index is -0.955. The lowest BCUT2D eigenvalue weighted by Gasteiger charge is -2.21. The molecule has 1 rings (SSSR count). The zero-order chi connectivity index (χ0) is 8.43. The van der Waals surface area contributed by atoms with Gasteiger partial charge in [-0.2, -0.15) is 0 Å². The van der Waals surface area contributed by atoms with Crippen molar-refractivity contribution in [2.75, 3.05) is 6.26 Å². The van der Waals surface area contributed by atoms with E-state index >= 15 is 0 Å². The fraction of sp³-hybridized carbons (Fsp3) is 0.429. The number of aliphatic hydroxyl groups is 2. The molecule has 0 amide bonds. The van der Waals surface area contributed by atoms with Crippen molar-refractivity contribution in [2.45, 2.75) is 12.2 Å². The van der Waals surface area contributed by atoms with Crippen molar-refractivity contribution in [3.63, 3.8) is 0 Å². The van der Waals surface area contributed by atoms with Gasteiger partial charge in [0, 0.05) is 9.94 Å². The van der Waals surface area contributed by atoms with E-state index in [1.807, 2.05) is 6.26 Å². The van der Waals surface area contributed by atoms with E-state index in [0.717, 1.165) is 4.91 Å². The van der Waals surface area contributed by atoms with Gasteiger partial charge in [-0.1, -0.05) is 11.6 Å². The molecule has 0 spiro atoms. The van der Waals surface area contributed by atoms with Gasteiger partial charge >= 0.3 is 0 Å². The van der Waals surface area contributed by atoms with Crippen LogP contribution in [0.3, 0.4) is 0 Å². The quantitative estimate of drug-likeness (QED) is 0.654. The van der Waals surface area contributed by atoms with Gasteiger partial charge in [0.2, 0.25) is 0 Å². The first kappa shape index (κ1) is 9.13. The second-order valence-corrected chi connectivity index (χ2v) is 3.53. The van der Waals surface area contributed by atoms with E-state index in [2.05, 4.69) is 0 Å². The summed E-state index contributed by atoms with van der Waals surface area (Å²) in [6, 6.07) is 0. The predicted octanol–water partition coefficient (Wildman–Crippen LogP) is 1.09. The molecule has 0 bridgehead atoms. The molecule has 0 aromatic heterocycles. The average molecular weight is 193 g/mol. The second-order valence-electron chi connectivity index (χ2n) is 2.21. The van der Waals surface area contributed by atoms with Gasteiger partial charge in [-0.05, 0) is 18.4 Å².